The van der Waals surface area contributed by atoms with E-state index < -0.39 is 25.5 Å². The van der Waals surface area contributed by atoms with Gasteiger partial charge in [-0.2, -0.15) is 0 Å². The molecule has 0 saturated carbocycles. The molecule has 0 heterocycles. The van der Waals surface area contributed by atoms with Crippen molar-refractivity contribution in [3.8, 4) is 0 Å². The van der Waals surface area contributed by atoms with Crippen molar-refractivity contribution >= 4 is 15.2 Å². The van der Waals surface area contributed by atoms with E-state index in [1.54, 1.807) is 27.7 Å². The van der Waals surface area contributed by atoms with Crippen LogP contribution in [0.15, 0.2) is 0 Å². The second-order valence-corrected chi connectivity index (χ2v) is 8.45. The highest BCUT2D eigenvalue weighted by atomic mass is 31.2. The van der Waals surface area contributed by atoms with Gasteiger partial charge in [-0.15, -0.1) is 0 Å². The van der Waals surface area contributed by atoms with Crippen molar-refractivity contribution in [3.05, 3.63) is 0 Å². The van der Waals surface area contributed by atoms with Crippen LogP contribution < -0.4 is 0 Å². The van der Waals surface area contributed by atoms with Gasteiger partial charge in [-0.3, -0.25) is 9.13 Å². The molecule has 0 unspecified atom stereocenters. The third-order valence-corrected chi connectivity index (χ3v) is 8.85. The summed E-state index contributed by atoms with van der Waals surface area (Å²) in [7, 11) is -9.30. The predicted octanol–water partition coefficient (Wildman–Crippen LogP) is 2.46. The van der Waals surface area contributed by atoms with Gasteiger partial charge in [0.1, 0.15) is 0 Å². The van der Waals surface area contributed by atoms with Gasteiger partial charge in [0.25, 0.3) is 0 Å². The molecule has 0 fully saturated rings. The Morgan fingerprint density at radius 2 is 0.833 bits per heavy atom. The Balaban J connectivity index is 6.32. The van der Waals surface area contributed by atoms with Crippen molar-refractivity contribution in [2.24, 2.45) is 0 Å². The summed E-state index contributed by atoms with van der Waals surface area (Å²) in [5, 5.41) is -3.36. The van der Waals surface area contributed by atoms with Gasteiger partial charge in [0.2, 0.25) is 0 Å². The summed E-state index contributed by atoms with van der Waals surface area (Å²) in [6, 6.07) is 0. The molecule has 0 aliphatic carbocycles. The SMILES string of the molecule is CCC(CC)(C(CC)(CC)P(=O)(O)O)P(=O)(O)O. The summed E-state index contributed by atoms with van der Waals surface area (Å²) in [5.41, 5.74) is 0. The molecule has 0 bridgehead atoms. The quantitative estimate of drug-likeness (QED) is 0.537. The van der Waals surface area contributed by atoms with Crippen LogP contribution in [0.5, 0.6) is 0 Å². The predicted molar refractivity (Wildman–Crippen MR) is 70.7 cm³/mol. The lowest BCUT2D eigenvalue weighted by molar-refractivity contribution is 0.219. The van der Waals surface area contributed by atoms with E-state index in [9.17, 15) is 28.7 Å². The van der Waals surface area contributed by atoms with Gasteiger partial charge in [-0.1, -0.05) is 27.7 Å². The smallest absolute Gasteiger partial charge is 0.324 e. The minimum Gasteiger partial charge on any atom is -0.324 e. The van der Waals surface area contributed by atoms with E-state index in [-0.39, 0.29) is 25.7 Å². The third-order valence-electron chi connectivity index (χ3n) is 4.32. The maximum atomic E-state index is 11.9. The van der Waals surface area contributed by atoms with Crippen molar-refractivity contribution < 1.29 is 28.7 Å². The second-order valence-electron chi connectivity index (χ2n) is 4.57. The summed E-state index contributed by atoms with van der Waals surface area (Å²) in [6.45, 7) is 6.27. The lowest BCUT2D eigenvalue weighted by Crippen LogP contribution is -2.52. The van der Waals surface area contributed by atoms with Crippen molar-refractivity contribution in [2.45, 2.75) is 63.7 Å². The topological polar surface area (TPSA) is 115 Å². The highest BCUT2D eigenvalue weighted by molar-refractivity contribution is 7.58. The molecule has 0 rings (SSSR count). The van der Waals surface area contributed by atoms with Crippen molar-refractivity contribution in [2.75, 3.05) is 0 Å². The van der Waals surface area contributed by atoms with E-state index >= 15 is 0 Å². The van der Waals surface area contributed by atoms with E-state index in [4.69, 9.17) is 0 Å². The van der Waals surface area contributed by atoms with Gasteiger partial charge in [-0.25, -0.2) is 0 Å². The van der Waals surface area contributed by atoms with Crippen LogP contribution in [0.25, 0.3) is 0 Å². The molecule has 4 N–H and O–H groups in total. The van der Waals surface area contributed by atoms with Crippen molar-refractivity contribution in [1.82, 2.24) is 0 Å². The van der Waals surface area contributed by atoms with E-state index in [1.807, 2.05) is 0 Å². The van der Waals surface area contributed by atoms with Gasteiger partial charge in [0.05, 0.1) is 10.3 Å². The summed E-state index contributed by atoms with van der Waals surface area (Å²) >= 11 is 0. The molecule has 6 nitrogen and oxygen atoms in total. The van der Waals surface area contributed by atoms with Gasteiger partial charge in [0.15, 0.2) is 0 Å². The van der Waals surface area contributed by atoms with E-state index in [1.165, 1.54) is 0 Å². The van der Waals surface area contributed by atoms with Crippen LogP contribution in [0.2, 0.25) is 0 Å². The van der Waals surface area contributed by atoms with Crippen LogP contribution in [0.1, 0.15) is 53.4 Å². The Morgan fingerprint density at radius 3 is 0.889 bits per heavy atom. The van der Waals surface area contributed by atoms with Crippen molar-refractivity contribution in [1.29, 1.82) is 0 Å². The zero-order valence-electron chi connectivity index (χ0n) is 11.3. The monoisotopic (exact) mass is 302 g/mol. The van der Waals surface area contributed by atoms with Crippen LogP contribution in [-0.2, 0) is 9.13 Å². The fourth-order valence-corrected chi connectivity index (χ4v) is 7.33. The highest BCUT2D eigenvalue weighted by Crippen LogP contribution is 2.72. The molecule has 0 spiro atoms. The largest absolute Gasteiger partial charge is 0.332 e. The van der Waals surface area contributed by atoms with Gasteiger partial charge in [0, 0.05) is 0 Å². The molecular formula is C10H24O6P2. The van der Waals surface area contributed by atoms with Crippen LogP contribution in [-0.4, -0.2) is 29.9 Å². The molecule has 0 aliphatic heterocycles. The molecule has 110 valence electrons. The first-order chi connectivity index (χ1) is 7.99. The number of hydrogen-bond donors (Lipinski definition) is 4. The molecule has 0 aromatic carbocycles. The first kappa shape index (κ1) is 18.3. The van der Waals surface area contributed by atoms with Crippen LogP contribution >= 0.6 is 15.2 Å². The van der Waals surface area contributed by atoms with Crippen molar-refractivity contribution in [3.63, 3.8) is 0 Å². The zero-order chi connectivity index (χ0) is 14.8. The second kappa shape index (κ2) is 5.74. The molecule has 0 radical (unpaired) electrons. The fourth-order valence-electron chi connectivity index (χ4n) is 3.18. The molecule has 0 saturated heterocycles. The zero-order valence-corrected chi connectivity index (χ0v) is 13.1. The van der Waals surface area contributed by atoms with Gasteiger partial charge >= 0.3 is 15.2 Å². The summed E-state index contributed by atoms with van der Waals surface area (Å²) in [5.74, 6) is 0. The molecule has 18 heavy (non-hydrogen) atoms. The Hall–Kier alpha value is 0.300. The Labute approximate surface area is 108 Å². The van der Waals surface area contributed by atoms with Crippen LogP contribution in [0, 0.1) is 0 Å². The molecule has 0 aromatic rings. The highest BCUT2D eigenvalue weighted by Gasteiger charge is 2.65. The van der Waals surface area contributed by atoms with Gasteiger partial charge in [-0.05, 0) is 25.7 Å². The lowest BCUT2D eigenvalue weighted by Gasteiger charge is -2.49. The van der Waals surface area contributed by atoms with Gasteiger partial charge < -0.3 is 19.6 Å². The summed E-state index contributed by atoms with van der Waals surface area (Å²) in [6.07, 6.45) is 0.113. The average molecular weight is 302 g/mol. The standard InChI is InChI=1S/C10H24O6P2/c1-5-9(6-2,17(11,12)13)10(7-3,8-4)18(14,15)16/h5-8H2,1-4H3,(H2,11,12,13)(H2,14,15,16). The van der Waals surface area contributed by atoms with E-state index in [0.29, 0.717) is 0 Å². The molecular weight excluding hydrogens is 278 g/mol. The van der Waals surface area contributed by atoms with Crippen LogP contribution in [0.3, 0.4) is 0 Å². The minimum atomic E-state index is -4.65. The minimum absolute atomic E-state index is 0.0283. The Morgan fingerprint density at radius 1 is 0.667 bits per heavy atom. The molecule has 0 aromatic heterocycles. The maximum absolute atomic E-state index is 11.9. The molecule has 0 aliphatic rings. The molecule has 8 heteroatoms. The summed E-state index contributed by atoms with van der Waals surface area (Å²) in [4.78, 5) is 38.6. The number of rotatable bonds is 7. The van der Waals surface area contributed by atoms with Crippen LogP contribution in [0.4, 0.5) is 0 Å². The van der Waals surface area contributed by atoms with E-state index in [0.717, 1.165) is 0 Å². The first-order valence-electron chi connectivity index (χ1n) is 6.11. The maximum Gasteiger partial charge on any atom is 0.332 e. The van der Waals surface area contributed by atoms with E-state index in [2.05, 4.69) is 0 Å². The molecule has 0 amide bonds. The fraction of sp³-hybridized carbons (Fsp3) is 1.00. The third kappa shape index (κ3) is 2.47. The normalized spacial score (nSPS) is 14.9. The number of hydrogen-bond acceptors (Lipinski definition) is 2. The Bertz CT molecular complexity index is 325. The summed E-state index contributed by atoms with van der Waals surface area (Å²) < 4.78 is 23.8. The first-order valence-corrected chi connectivity index (χ1v) is 9.33. The Kier molecular flexibility index (Phi) is 5.83. The molecule has 0 atom stereocenters. The lowest BCUT2D eigenvalue weighted by atomic mass is 9.82. The average Bonchev–Trinajstić information content (AvgIpc) is 2.22.